The summed E-state index contributed by atoms with van der Waals surface area (Å²) in [4.78, 5) is 28.1. The van der Waals surface area contributed by atoms with Crippen LogP contribution in [-0.2, 0) is 0 Å². The minimum atomic E-state index is -0.202. The molecule has 1 fully saturated rings. The van der Waals surface area contributed by atoms with E-state index in [1.54, 1.807) is 6.07 Å². The predicted octanol–water partition coefficient (Wildman–Crippen LogP) is 2.28. The first kappa shape index (κ1) is 17.2. The first-order valence-corrected chi connectivity index (χ1v) is 8.64. The van der Waals surface area contributed by atoms with Crippen molar-refractivity contribution in [3.63, 3.8) is 0 Å². The van der Waals surface area contributed by atoms with Gasteiger partial charge in [-0.2, -0.15) is 0 Å². The number of likely N-dealkylation sites (tertiary alicyclic amines) is 1. The molecule has 2 N–H and O–H groups in total. The van der Waals surface area contributed by atoms with Gasteiger partial charge in [-0.05, 0) is 24.5 Å². The fourth-order valence-corrected chi connectivity index (χ4v) is 3.01. The number of pyridine rings is 1. The van der Waals surface area contributed by atoms with Crippen LogP contribution in [0.2, 0.25) is 0 Å². The zero-order valence-corrected chi connectivity index (χ0v) is 14.2. The molecule has 1 aromatic carbocycles. The van der Waals surface area contributed by atoms with Crippen LogP contribution in [0.1, 0.15) is 28.8 Å². The highest BCUT2D eigenvalue weighted by Crippen LogP contribution is 2.11. The van der Waals surface area contributed by atoms with E-state index in [-0.39, 0.29) is 17.5 Å². The van der Waals surface area contributed by atoms with Crippen LogP contribution in [0.5, 0.6) is 0 Å². The van der Waals surface area contributed by atoms with Crippen molar-refractivity contribution in [2.24, 2.45) is 0 Å². The Morgan fingerprint density at radius 2 is 2.08 bits per heavy atom. The van der Waals surface area contributed by atoms with E-state index in [2.05, 4.69) is 39.5 Å². The summed E-state index contributed by atoms with van der Waals surface area (Å²) in [7, 11) is 0. The van der Waals surface area contributed by atoms with Gasteiger partial charge < -0.3 is 15.2 Å². The van der Waals surface area contributed by atoms with Gasteiger partial charge in [0.1, 0.15) is 0 Å². The number of carbonyl (C=O) groups excluding carboxylic acids is 1. The van der Waals surface area contributed by atoms with Crippen LogP contribution in [0.3, 0.4) is 0 Å². The van der Waals surface area contributed by atoms with Crippen LogP contribution < -0.4 is 10.9 Å². The van der Waals surface area contributed by atoms with Crippen molar-refractivity contribution in [1.29, 1.82) is 0 Å². The number of carbonyl (C=O) groups is 1. The molecule has 1 atom stereocenters. The Morgan fingerprint density at radius 1 is 1.24 bits per heavy atom. The normalized spacial score (nSPS) is 17.8. The summed E-state index contributed by atoms with van der Waals surface area (Å²) in [5.74, 6) is -0.132. The van der Waals surface area contributed by atoms with Gasteiger partial charge in [0.25, 0.3) is 5.91 Å². The fraction of sp³-hybridized carbons (Fsp3) is 0.300. The van der Waals surface area contributed by atoms with Gasteiger partial charge in [-0.15, -0.1) is 0 Å². The monoisotopic (exact) mass is 337 g/mol. The number of hydrogen-bond acceptors (Lipinski definition) is 3. The van der Waals surface area contributed by atoms with Gasteiger partial charge in [0.2, 0.25) is 5.56 Å². The minimum Gasteiger partial charge on any atom is -0.348 e. The quantitative estimate of drug-likeness (QED) is 0.850. The molecule has 2 aromatic rings. The topological polar surface area (TPSA) is 65.2 Å². The standard InChI is InChI=1S/C20H23N3O2/c24-19-10-9-17(14-21-19)20(25)22-18-11-13-23(15-18)12-5-4-8-16-6-2-1-3-7-16/h1-4,6-10,14,18H,5,11-13,15H2,(H,21,24)(H,22,25)/b8-4+. The van der Waals surface area contributed by atoms with Crippen molar-refractivity contribution in [2.45, 2.75) is 18.9 Å². The number of rotatable bonds is 6. The number of nitrogens with one attached hydrogen (secondary N) is 2. The van der Waals surface area contributed by atoms with Gasteiger partial charge in [-0.3, -0.25) is 9.59 Å². The van der Waals surface area contributed by atoms with Crippen molar-refractivity contribution >= 4 is 12.0 Å². The lowest BCUT2D eigenvalue weighted by Gasteiger charge is -2.15. The number of nitrogens with zero attached hydrogens (tertiary/aromatic N) is 1. The molecule has 1 saturated heterocycles. The van der Waals surface area contributed by atoms with E-state index in [0.717, 1.165) is 32.5 Å². The van der Waals surface area contributed by atoms with Crippen molar-refractivity contribution in [2.75, 3.05) is 19.6 Å². The first-order valence-electron chi connectivity index (χ1n) is 8.64. The highest BCUT2D eigenvalue weighted by molar-refractivity contribution is 5.94. The molecule has 1 aromatic heterocycles. The third kappa shape index (κ3) is 5.16. The van der Waals surface area contributed by atoms with Crippen molar-refractivity contribution < 1.29 is 4.79 Å². The SMILES string of the molecule is O=C(NC1CCN(CC/C=C/c2ccccc2)C1)c1ccc(=O)[nH]c1. The Hall–Kier alpha value is -2.66. The Labute approximate surface area is 147 Å². The number of hydrogen-bond donors (Lipinski definition) is 2. The number of H-pyrrole nitrogens is 1. The summed E-state index contributed by atoms with van der Waals surface area (Å²) in [6.07, 6.45) is 7.75. The lowest BCUT2D eigenvalue weighted by Crippen LogP contribution is -2.37. The molecule has 3 rings (SSSR count). The van der Waals surface area contributed by atoms with Crippen molar-refractivity contribution in [1.82, 2.24) is 15.2 Å². The largest absolute Gasteiger partial charge is 0.348 e. The van der Waals surface area contributed by atoms with Gasteiger partial charge >= 0.3 is 0 Å². The van der Waals surface area contributed by atoms with Crippen LogP contribution in [0.15, 0.2) is 59.5 Å². The molecule has 25 heavy (non-hydrogen) atoms. The molecule has 5 heteroatoms. The molecule has 0 bridgehead atoms. The van der Waals surface area contributed by atoms with Crippen molar-refractivity contribution in [3.8, 4) is 0 Å². The van der Waals surface area contributed by atoms with Gasteiger partial charge in [-0.1, -0.05) is 42.5 Å². The van der Waals surface area contributed by atoms with Crippen LogP contribution >= 0.6 is 0 Å². The predicted molar refractivity (Wildman–Crippen MR) is 99.5 cm³/mol. The molecule has 0 spiro atoms. The zero-order valence-electron chi connectivity index (χ0n) is 14.2. The van der Waals surface area contributed by atoms with Crippen LogP contribution in [-0.4, -0.2) is 41.5 Å². The molecular formula is C20H23N3O2. The molecular weight excluding hydrogens is 314 g/mol. The summed E-state index contributed by atoms with van der Waals surface area (Å²) in [6, 6.07) is 13.4. The first-order chi connectivity index (χ1) is 12.2. The molecule has 0 radical (unpaired) electrons. The summed E-state index contributed by atoms with van der Waals surface area (Å²) in [5, 5.41) is 3.04. The number of aromatic amines is 1. The average molecular weight is 337 g/mol. The Bertz CT molecular complexity index is 763. The highest BCUT2D eigenvalue weighted by atomic mass is 16.2. The van der Waals surface area contributed by atoms with E-state index >= 15 is 0 Å². The Morgan fingerprint density at radius 3 is 2.84 bits per heavy atom. The second-order valence-electron chi connectivity index (χ2n) is 6.30. The second-order valence-corrected chi connectivity index (χ2v) is 6.30. The third-order valence-electron chi connectivity index (χ3n) is 4.38. The average Bonchev–Trinajstić information content (AvgIpc) is 3.07. The highest BCUT2D eigenvalue weighted by Gasteiger charge is 2.23. The molecule has 1 aliphatic heterocycles. The maximum atomic E-state index is 12.2. The molecule has 0 saturated carbocycles. The third-order valence-corrected chi connectivity index (χ3v) is 4.38. The van der Waals surface area contributed by atoms with Crippen LogP contribution in [0.25, 0.3) is 6.08 Å². The lowest BCUT2D eigenvalue weighted by molar-refractivity contribution is 0.0937. The zero-order chi connectivity index (χ0) is 17.5. The molecule has 1 aliphatic rings. The van der Waals surface area contributed by atoms with Gasteiger partial charge in [0.15, 0.2) is 0 Å². The summed E-state index contributed by atoms with van der Waals surface area (Å²) in [5.41, 5.74) is 1.51. The van der Waals surface area contributed by atoms with E-state index in [9.17, 15) is 9.59 Å². The summed E-state index contributed by atoms with van der Waals surface area (Å²) < 4.78 is 0. The van der Waals surface area contributed by atoms with Crippen LogP contribution in [0, 0.1) is 0 Å². The molecule has 0 aliphatic carbocycles. The Balaban J connectivity index is 1.41. The smallest absolute Gasteiger partial charge is 0.253 e. The van der Waals surface area contributed by atoms with Crippen molar-refractivity contribution in [3.05, 3.63) is 76.2 Å². The van der Waals surface area contributed by atoms with Gasteiger partial charge in [0, 0.05) is 37.9 Å². The van der Waals surface area contributed by atoms with Gasteiger partial charge in [-0.25, -0.2) is 0 Å². The maximum Gasteiger partial charge on any atom is 0.253 e. The molecule has 1 unspecified atom stereocenters. The van der Waals surface area contributed by atoms with E-state index < -0.39 is 0 Å². The maximum absolute atomic E-state index is 12.2. The van der Waals surface area contributed by atoms with E-state index in [1.165, 1.54) is 17.8 Å². The number of amides is 1. The van der Waals surface area contributed by atoms with E-state index in [0.29, 0.717) is 5.56 Å². The second kappa shape index (κ2) is 8.44. The summed E-state index contributed by atoms with van der Waals surface area (Å²) in [6.45, 7) is 2.86. The molecule has 130 valence electrons. The van der Waals surface area contributed by atoms with Crippen LogP contribution in [0.4, 0.5) is 0 Å². The number of benzene rings is 1. The minimum absolute atomic E-state index is 0.132. The molecule has 5 nitrogen and oxygen atoms in total. The summed E-state index contributed by atoms with van der Waals surface area (Å²) >= 11 is 0. The van der Waals surface area contributed by atoms with Gasteiger partial charge in [0.05, 0.1) is 5.56 Å². The fourth-order valence-electron chi connectivity index (χ4n) is 3.01. The lowest BCUT2D eigenvalue weighted by atomic mass is 10.2. The number of aromatic nitrogens is 1. The molecule has 2 heterocycles. The van der Waals surface area contributed by atoms with E-state index in [4.69, 9.17) is 0 Å². The molecule has 1 amide bonds. The Kier molecular flexibility index (Phi) is 5.80. The van der Waals surface area contributed by atoms with E-state index in [1.807, 2.05) is 18.2 Å².